The smallest absolute Gasteiger partial charge is 0.341 e. The molecule has 2 aliphatic heterocycles. The number of rotatable bonds is 6. The van der Waals surface area contributed by atoms with Crippen LogP contribution in [0.25, 0.3) is 0 Å². The van der Waals surface area contributed by atoms with Crippen molar-refractivity contribution < 1.29 is 19.4 Å². The number of nitrogens with zero attached hydrogens (tertiary/aromatic N) is 2. The Hall–Kier alpha value is -1.34. The van der Waals surface area contributed by atoms with Crippen LogP contribution in [0.3, 0.4) is 0 Å². The molecule has 0 saturated carbocycles. The molecule has 2 heterocycles. The molecule has 2 fully saturated rings. The van der Waals surface area contributed by atoms with Gasteiger partial charge in [0.1, 0.15) is 5.75 Å². The maximum absolute atomic E-state index is 10.8. The Bertz CT molecular complexity index is 584. The Morgan fingerprint density at radius 1 is 1.24 bits per heavy atom. The lowest BCUT2D eigenvalue weighted by Crippen LogP contribution is -2.51. The predicted octanol–water partition coefficient (Wildman–Crippen LogP) is 2.10. The Kier molecular flexibility index (Phi) is 6.53. The minimum atomic E-state index is -0.981. The Labute approximate surface area is 153 Å². The highest BCUT2D eigenvalue weighted by atomic mass is 35.5. The molecule has 1 aromatic carbocycles. The molecule has 0 unspecified atom stereocenters. The Balaban J connectivity index is 1.56. The van der Waals surface area contributed by atoms with Crippen LogP contribution in [0.5, 0.6) is 5.75 Å². The van der Waals surface area contributed by atoms with E-state index in [4.69, 9.17) is 26.2 Å². The monoisotopic (exact) mass is 368 g/mol. The molecule has 7 heteroatoms. The highest BCUT2D eigenvalue weighted by Crippen LogP contribution is 2.25. The van der Waals surface area contributed by atoms with Crippen LogP contribution in [-0.4, -0.2) is 72.9 Å². The minimum absolute atomic E-state index is 0.341. The molecule has 3 rings (SSSR count). The highest BCUT2D eigenvalue weighted by molar-refractivity contribution is 6.30. The average Bonchev–Trinajstić information content (AvgIpc) is 2.62. The van der Waals surface area contributed by atoms with E-state index in [0.29, 0.717) is 16.8 Å². The van der Waals surface area contributed by atoms with Crippen molar-refractivity contribution in [1.29, 1.82) is 0 Å². The number of carboxylic acid groups (broad SMARTS) is 1. The van der Waals surface area contributed by atoms with E-state index < -0.39 is 5.97 Å². The lowest BCUT2D eigenvalue weighted by Gasteiger charge is -2.40. The fourth-order valence-electron chi connectivity index (χ4n) is 3.53. The van der Waals surface area contributed by atoms with Crippen LogP contribution >= 0.6 is 11.6 Å². The van der Waals surface area contributed by atoms with Gasteiger partial charge in [0.2, 0.25) is 0 Å². The zero-order chi connectivity index (χ0) is 17.6. The average molecular weight is 369 g/mol. The standard InChI is InChI=1S/C18H25ClN2O4/c19-15-1-2-17(25-13-18(22)23)14(11-15)12-20-5-7-21(8-6-20)16-3-9-24-10-4-16/h1-2,11,16H,3-10,12-13H2,(H,22,23). The molecule has 138 valence electrons. The molecule has 2 aliphatic rings. The van der Waals surface area contributed by atoms with Crippen LogP contribution in [0.4, 0.5) is 0 Å². The minimum Gasteiger partial charge on any atom is -0.482 e. The van der Waals surface area contributed by atoms with Gasteiger partial charge in [0.25, 0.3) is 0 Å². The third-order valence-corrected chi connectivity index (χ3v) is 5.12. The van der Waals surface area contributed by atoms with E-state index in [9.17, 15) is 4.79 Å². The molecular formula is C18H25ClN2O4. The highest BCUT2D eigenvalue weighted by Gasteiger charge is 2.25. The summed E-state index contributed by atoms with van der Waals surface area (Å²) < 4.78 is 10.9. The summed E-state index contributed by atoms with van der Waals surface area (Å²) in [4.78, 5) is 15.7. The molecule has 25 heavy (non-hydrogen) atoms. The van der Waals surface area contributed by atoms with E-state index >= 15 is 0 Å². The second-order valence-electron chi connectivity index (χ2n) is 6.59. The number of carboxylic acids is 1. The molecule has 0 bridgehead atoms. The van der Waals surface area contributed by atoms with E-state index in [2.05, 4.69) is 9.80 Å². The topological polar surface area (TPSA) is 62.2 Å². The van der Waals surface area contributed by atoms with Crippen LogP contribution in [0.2, 0.25) is 5.02 Å². The molecular weight excluding hydrogens is 344 g/mol. The number of aliphatic carboxylic acids is 1. The van der Waals surface area contributed by atoms with E-state index in [-0.39, 0.29) is 6.61 Å². The van der Waals surface area contributed by atoms with Gasteiger partial charge in [0, 0.05) is 62.6 Å². The maximum Gasteiger partial charge on any atom is 0.341 e. The van der Waals surface area contributed by atoms with Crippen molar-refractivity contribution >= 4 is 17.6 Å². The van der Waals surface area contributed by atoms with Crippen molar-refractivity contribution in [3.63, 3.8) is 0 Å². The van der Waals surface area contributed by atoms with Crippen LogP contribution in [0, 0.1) is 0 Å². The quantitative estimate of drug-likeness (QED) is 0.829. The Morgan fingerprint density at radius 2 is 1.96 bits per heavy atom. The van der Waals surface area contributed by atoms with Gasteiger partial charge in [-0.1, -0.05) is 11.6 Å². The third-order valence-electron chi connectivity index (χ3n) is 4.88. The first kappa shape index (κ1) is 18.5. The maximum atomic E-state index is 10.8. The molecule has 0 spiro atoms. The van der Waals surface area contributed by atoms with E-state index in [1.807, 2.05) is 6.07 Å². The van der Waals surface area contributed by atoms with Gasteiger partial charge in [0.05, 0.1) is 0 Å². The number of halogens is 1. The molecule has 0 atom stereocenters. The first-order valence-electron chi connectivity index (χ1n) is 8.79. The van der Waals surface area contributed by atoms with Gasteiger partial charge in [-0.25, -0.2) is 4.79 Å². The van der Waals surface area contributed by atoms with Gasteiger partial charge in [-0.3, -0.25) is 9.80 Å². The van der Waals surface area contributed by atoms with Gasteiger partial charge < -0.3 is 14.6 Å². The Morgan fingerprint density at radius 3 is 2.64 bits per heavy atom. The second-order valence-corrected chi connectivity index (χ2v) is 7.03. The summed E-state index contributed by atoms with van der Waals surface area (Å²) in [6.07, 6.45) is 2.25. The van der Waals surface area contributed by atoms with Crippen LogP contribution in [0.1, 0.15) is 18.4 Å². The third kappa shape index (κ3) is 5.31. The number of hydrogen-bond donors (Lipinski definition) is 1. The second kappa shape index (κ2) is 8.85. The summed E-state index contributed by atoms with van der Waals surface area (Å²) in [5.41, 5.74) is 0.938. The predicted molar refractivity (Wildman–Crippen MR) is 95.3 cm³/mol. The lowest BCUT2D eigenvalue weighted by atomic mass is 10.1. The molecule has 1 aromatic rings. The fourth-order valence-corrected chi connectivity index (χ4v) is 3.72. The molecule has 0 radical (unpaired) electrons. The van der Waals surface area contributed by atoms with Crippen molar-refractivity contribution in [2.45, 2.75) is 25.4 Å². The number of benzene rings is 1. The normalized spacial score (nSPS) is 20.5. The lowest BCUT2D eigenvalue weighted by molar-refractivity contribution is -0.139. The largest absolute Gasteiger partial charge is 0.482 e. The van der Waals surface area contributed by atoms with Crippen LogP contribution in [-0.2, 0) is 16.1 Å². The number of hydrogen-bond acceptors (Lipinski definition) is 5. The van der Waals surface area contributed by atoms with Crippen molar-refractivity contribution in [3.8, 4) is 5.75 Å². The van der Waals surface area contributed by atoms with Gasteiger partial charge in [-0.05, 0) is 31.0 Å². The number of ether oxygens (including phenoxy) is 2. The summed E-state index contributed by atoms with van der Waals surface area (Å²) >= 11 is 6.11. The van der Waals surface area contributed by atoms with E-state index in [0.717, 1.165) is 64.3 Å². The van der Waals surface area contributed by atoms with Crippen LogP contribution < -0.4 is 4.74 Å². The summed E-state index contributed by atoms with van der Waals surface area (Å²) in [6, 6.07) is 5.99. The summed E-state index contributed by atoms with van der Waals surface area (Å²) in [7, 11) is 0. The molecule has 6 nitrogen and oxygen atoms in total. The zero-order valence-corrected chi connectivity index (χ0v) is 15.1. The fraction of sp³-hybridized carbons (Fsp3) is 0.611. The first-order valence-corrected chi connectivity index (χ1v) is 9.17. The first-order chi connectivity index (χ1) is 12.1. The van der Waals surface area contributed by atoms with Gasteiger partial charge >= 0.3 is 5.97 Å². The number of piperazine rings is 1. The van der Waals surface area contributed by atoms with Crippen molar-refractivity contribution in [2.75, 3.05) is 46.0 Å². The van der Waals surface area contributed by atoms with E-state index in [1.54, 1.807) is 12.1 Å². The van der Waals surface area contributed by atoms with Crippen LogP contribution in [0.15, 0.2) is 18.2 Å². The summed E-state index contributed by atoms with van der Waals surface area (Å²) in [6.45, 7) is 6.20. The van der Waals surface area contributed by atoms with Crippen molar-refractivity contribution in [2.24, 2.45) is 0 Å². The van der Waals surface area contributed by atoms with Gasteiger partial charge in [-0.15, -0.1) is 0 Å². The molecule has 0 aliphatic carbocycles. The van der Waals surface area contributed by atoms with Crippen molar-refractivity contribution in [3.05, 3.63) is 28.8 Å². The SMILES string of the molecule is O=C(O)COc1ccc(Cl)cc1CN1CCN(C2CCOCC2)CC1. The van der Waals surface area contributed by atoms with E-state index in [1.165, 1.54) is 0 Å². The number of carbonyl (C=O) groups is 1. The summed E-state index contributed by atoms with van der Waals surface area (Å²) in [5, 5.41) is 9.46. The molecule has 1 N–H and O–H groups in total. The van der Waals surface area contributed by atoms with Gasteiger partial charge in [-0.2, -0.15) is 0 Å². The molecule has 0 aromatic heterocycles. The molecule has 0 amide bonds. The van der Waals surface area contributed by atoms with Gasteiger partial charge in [0.15, 0.2) is 6.61 Å². The zero-order valence-electron chi connectivity index (χ0n) is 14.3. The summed E-state index contributed by atoms with van der Waals surface area (Å²) in [5.74, 6) is -0.385. The van der Waals surface area contributed by atoms with Crippen molar-refractivity contribution in [1.82, 2.24) is 9.80 Å². The molecule has 2 saturated heterocycles.